The molecule has 3 heterocycles. The van der Waals surface area contributed by atoms with Gasteiger partial charge in [0.2, 0.25) is 0 Å². The highest BCUT2D eigenvalue weighted by atomic mass is 16.7. The molecule has 0 aliphatic carbocycles. The summed E-state index contributed by atoms with van der Waals surface area (Å²) in [5.74, 6) is 0. The Morgan fingerprint density at radius 1 is 0.818 bits per heavy atom. The van der Waals surface area contributed by atoms with Gasteiger partial charge in [0.1, 0.15) is 6.29 Å². The van der Waals surface area contributed by atoms with Crippen molar-refractivity contribution in [2.45, 2.75) is 33.2 Å². The number of para-hydroxylation sites is 2. The first-order valence-corrected chi connectivity index (χ1v) is 10.8. The van der Waals surface area contributed by atoms with Crippen LogP contribution in [-0.4, -0.2) is 34.9 Å². The van der Waals surface area contributed by atoms with Crippen LogP contribution in [0, 0.1) is 13.8 Å². The minimum absolute atomic E-state index is 0.0211. The molecular formula is C26H26N2O5. The summed E-state index contributed by atoms with van der Waals surface area (Å²) in [5, 5.41) is 2.05. The molecule has 7 nitrogen and oxygen atoms in total. The van der Waals surface area contributed by atoms with Crippen molar-refractivity contribution < 1.29 is 14.3 Å². The lowest BCUT2D eigenvalue weighted by Crippen LogP contribution is -2.28. The molecule has 170 valence electrons. The number of pyridine rings is 2. The molecule has 0 radical (unpaired) electrons. The van der Waals surface area contributed by atoms with Gasteiger partial charge in [-0.05, 0) is 48.9 Å². The third-order valence-electron chi connectivity index (χ3n) is 5.64. The third-order valence-corrected chi connectivity index (χ3v) is 5.64. The molecule has 0 saturated carbocycles. The molecule has 33 heavy (non-hydrogen) atoms. The van der Waals surface area contributed by atoms with E-state index in [1.807, 2.05) is 67.6 Å². The summed E-state index contributed by atoms with van der Waals surface area (Å²) in [4.78, 5) is 34.5. The van der Waals surface area contributed by atoms with E-state index in [9.17, 15) is 14.4 Å². The standard InChI is InChI=1S/C14H15NO3.C12H11NO2/c1-10-8-11-4-2-3-5-12(11)15(14(10)16)9-13-17-6-7-18-13;1-9-8-10-4-2-3-5-11(10)13(6-7-14)12(9)15/h2-5,8,13H,6-7,9H2,1H3;2-5,7-8H,6H2,1H3. The highest BCUT2D eigenvalue weighted by Gasteiger charge is 2.18. The number of aldehydes is 1. The van der Waals surface area contributed by atoms with E-state index in [0.29, 0.717) is 25.3 Å². The van der Waals surface area contributed by atoms with E-state index in [2.05, 4.69) is 0 Å². The predicted octanol–water partition coefficient (Wildman–Crippen LogP) is 3.19. The van der Waals surface area contributed by atoms with Gasteiger partial charge in [-0.15, -0.1) is 0 Å². The number of carbonyl (C=O) groups excluding carboxylic acids is 1. The van der Waals surface area contributed by atoms with Crippen LogP contribution in [0.5, 0.6) is 0 Å². The SMILES string of the molecule is Cc1cc2ccccc2n(CC2OCCO2)c1=O.Cc1cc2ccccc2n(CC=O)c1=O. The van der Waals surface area contributed by atoms with Gasteiger partial charge in [0, 0.05) is 11.1 Å². The zero-order valence-electron chi connectivity index (χ0n) is 18.7. The van der Waals surface area contributed by atoms with Gasteiger partial charge in [0.25, 0.3) is 11.1 Å². The Bertz CT molecular complexity index is 1410. The Morgan fingerprint density at radius 3 is 1.85 bits per heavy atom. The number of nitrogens with zero attached hydrogens (tertiary/aromatic N) is 2. The second kappa shape index (κ2) is 9.94. The normalized spacial score (nSPS) is 13.8. The Kier molecular flexibility index (Phi) is 6.82. The smallest absolute Gasteiger partial charge is 0.254 e. The van der Waals surface area contributed by atoms with Crippen molar-refractivity contribution in [3.8, 4) is 0 Å². The summed E-state index contributed by atoms with van der Waals surface area (Å²) in [6.07, 6.45) is 0.431. The molecule has 7 heteroatoms. The van der Waals surface area contributed by atoms with E-state index < -0.39 is 0 Å². The van der Waals surface area contributed by atoms with Gasteiger partial charge < -0.3 is 23.4 Å². The van der Waals surface area contributed by atoms with Crippen LogP contribution in [0.4, 0.5) is 0 Å². The van der Waals surface area contributed by atoms with Crippen molar-refractivity contribution in [1.29, 1.82) is 0 Å². The Morgan fingerprint density at radius 2 is 1.30 bits per heavy atom. The third kappa shape index (κ3) is 4.79. The van der Waals surface area contributed by atoms with Gasteiger partial charge >= 0.3 is 0 Å². The number of aryl methyl sites for hydroxylation is 2. The van der Waals surface area contributed by atoms with Crippen molar-refractivity contribution >= 4 is 28.1 Å². The second-order valence-electron chi connectivity index (χ2n) is 7.94. The van der Waals surface area contributed by atoms with Gasteiger partial charge in [-0.2, -0.15) is 0 Å². The van der Waals surface area contributed by atoms with Gasteiger partial charge in [-0.1, -0.05) is 36.4 Å². The molecular weight excluding hydrogens is 420 g/mol. The lowest BCUT2D eigenvalue weighted by atomic mass is 10.1. The monoisotopic (exact) mass is 446 g/mol. The van der Waals surface area contributed by atoms with Crippen LogP contribution in [0.25, 0.3) is 21.8 Å². The van der Waals surface area contributed by atoms with Gasteiger partial charge in [0.05, 0.1) is 37.3 Å². The summed E-state index contributed by atoms with van der Waals surface area (Å²) in [7, 11) is 0. The number of aromatic nitrogens is 2. The molecule has 5 rings (SSSR count). The van der Waals surface area contributed by atoms with Crippen molar-refractivity contribution in [2.24, 2.45) is 0 Å². The average molecular weight is 447 g/mol. The molecule has 0 spiro atoms. The van der Waals surface area contributed by atoms with Crippen molar-refractivity contribution in [1.82, 2.24) is 9.13 Å². The summed E-state index contributed by atoms with van der Waals surface area (Å²) in [5.41, 5.74) is 3.06. The molecule has 1 saturated heterocycles. The largest absolute Gasteiger partial charge is 0.348 e. The molecule has 0 N–H and O–H groups in total. The minimum Gasteiger partial charge on any atom is -0.348 e. The van der Waals surface area contributed by atoms with Crippen molar-refractivity contribution in [3.63, 3.8) is 0 Å². The van der Waals surface area contributed by atoms with Crippen LogP contribution in [-0.2, 0) is 27.4 Å². The Balaban J connectivity index is 0.000000160. The Hall–Kier alpha value is -3.55. The first-order chi connectivity index (χ1) is 16.0. The fourth-order valence-corrected chi connectivity index (χ4v) is 4.04. The second-order valence-corrected chi connectivity index (χ2v) is 7.94. The maximum absolute atomic E-state index is 12.2. The number of ether oxygens (including phenoxy) is 2. The number of benzene rings is 2. The van der Waals surface area contributed by atoms with E-state index in [4.69, 9.17) is 9.47 Å². The molecule has 4 aromatic rings. The number of carbonyl (C=O) groups is 1. The first-order valence-electron chi connectivity index (χ1n) is 10.8. The topological polar surface area (TPSA) is 79.5 Å². The van der Waals surface area contributed by atoms with Crippen LogP contribution in [0.2, 0.25) is 0 Å². The van der Waals surface area contributed by atoms with Gasteiger partial charge in [-0.3, -0.25) is 9.59 Å². The molecule has 0 atom stereocenters. The summed E-state index contributed by atoms with van der Waals surface area (Å²) >= 11 is 0. The van der Waals surface area contributed by atoms with E-state index in [-0.39, 0.29) is 24.0 Å². The van der Waals surface area contributed by atoms with Crippen LogP contribution in [0.3, 0.4) is 0 Å². The maximum Gasteiger partial charge on any atom is 0.254 e. The van der Waals surface area contributed by atoms with Crippen LogP contribution in [0.1, 0.15) is 11.1 Å². The molecule has 1 aliphatic heterocycles. The molecule has 2 aromatic heterocycles. The zero-order valence-corrected chi connectivity index (χ0v) is 18.7. The lowest BCUT2D eigenvalue weighted by molar-refractivity contribution is -0.108. The quantitative estimate of drug-likeness (QED) is 0.450. The minimum atomic E-state index is -0.312. The van der Waals surface area contributed by atoms with E-state index in [0.717, 1.165) is 33.7 Å². The number of fused-ring (bicyclic) bond motifs is 2. The lowest BCUT2D eigenvalue weighted by Gasteiger charge is -2.15. The van der Waals surface area contributed by atoms with Gasteiger partial charge in [0.15, 0.2) is 6.29 Å². The van der Waals surface area contributed by atoms with E-state index >= 15 is 0 Å². The molecule has 1 aliphatic rings. The Labute approximate surface area is 190 Å². The van der Waals surface area contributed by atoms with E-state index in [1.54, 1.807) is 11.5 Å². The number of hydrogen-bond donors (Lipinski definition) is 0. The van der Waals surface area contributed by atoms with Gasteiger partial charge in [-0.25, -0.2) is 0 Å². The summed E-state index contributed by atoms with van der Waals surface area (Å²) in [6, 6.07) is 19.2. The fraction of sp³-hybridized carbons (Fsp3) is 0.269. The highest BCUT2D eigenvalue weighted by Crippen LogP contribution is 2.15. The average Bonchev–Trinajstić information content (AvgIpc) is 3.34. The predicted molar refractivity (Wildman–Crippen MR) is 128 cm³/mol. The molecule has 0 bridgehead atoms. The highest BCUT2D eigenvalue weighted by molar-refractivity contribution is 5.80. The van der Waals surface area contributed by atoms with Crippen molar-refractivity contribution in [3.05, 3.63) is 92.5 Å². The fourth-order valence-electron chi connectivity index (χ4n) is 4.04. The number of rotatable bonds is 4. The molecule has 2 aromatic carbocycles. The van der Waals surface area contributed by atoms with E-state index in [1.165, 1.54) is 4.57 Å². The zero-order chi connectivity index (χ0) is 23.4. The van der Waals surface area contributed by atoms with Crippen LogP contribution < -0.4 is 11.1 Å². The molecule has 1 fully saturated rings. The van der Waals surface area contributed by atoms with Crippen molar-refractivity contribution in [2.75, 3.05) is 13.2 Å². The maximum atomic E-state index is 12.2. The van der Waals surface area contributed by atoms with Crippen LogP contribution in [0.15, 0.2) is 70.3 Å². The summed E-state index contributed by atoms with van der Waals surface area (Å²) < 4.78 is 14.1. The van der Waals surface area contributed by atoms with Crippen LogP contribution >= 0.6 is 0 Å². The molecule has 0 unspecified atom stereocenters. The first kappa shape index (κ1) is 22.6. The summed E-state index contributed by atoms with van der Waals surface area (Å²) in [6.45, 7) is 5.35. The molecule has 0 amide bonds. The number of hydrogen-bond acceptors (Lipinski definition) is 5.